The highest BCUT2D eigenvalue weighted by Crippen LogP contribution is 2.30. The van der Waals surface area contributed by atoms with E-state index >= 15 is 0 Å². The average Bonchev–Trinajstić information content (AvgIpc) is 2.45. The Morgan fingerprint density at radius 2 is 2.05 bits per heavy atom. The molecule has 6 heteroatoms. The molecule has 0 heterocycles. The Balaban J connectivity index is 2.06. The maximum absolute atomic E-state index is 13.5. The summed E-state index contributed by atoms with van der Waals surface area (Å²) >= 11 is 0. The minimum Gasteiger partial charge on any atom is -0.352 e. The van der Waals surface area contributed by atoms with Gasteiger partial charge in [0.05, 0.1) is 11.1 Å². The first-order valence-electron chi connectivity index (χ1n) is 6.68. The molecule has 2 rings (SSSR count). The molecule has 0 fully saturated rings. The standard InChI is InChI=1S/C15H15F4NO/c16-13-7-6-11(15(17,18)19)8-12(13)14(21)20-9-10-4-2-1-3-5-10/h1-2,6-8,10H,3-5,9H2,(H,20,21). The number of carbonyl (C=O) groups excluding carboxylic acids is 1. The molecule has 1 N–H and O–H groups in total. The molecule has 21 heavy (non-hydrogen) atoms. The fraction of sp³-hybridized carbons (Fsp3) is 0.400. The maximum Gasteiger partial charge on any atom is 0.416 e. The third-order valence-electron chi connectivity index (χ3n) is 3.47. The van der Waals surface area contributed by atoms with E-state index in [2.05, 4.69) is 5.32 Å². The van der Waals surface area contributed by atoms with E-state index in [9.17, 15) is 22.4 Å². The molecule has 1 aromatic carbocycles. The lowest BCUT2D eigenvalue weighted by Gasteiger charge is -2.18. The number of carbonyl (C=O) groups is 1. The van der Waals surface area contributed by atoms with Gasteiger partial charge in [-0.25, -0.2) is 4.39 Å². The fourth-order valence-electron chi connectivity index (χ4n) is 2.25. The van der Waals surface area contributed by atoms with Crippen molar-refractivity contribution in [2.75, 3.05) is 6.54 Å². The van der Waals surface area contributed by atoms with Gasteiger partial charge in [0.1, 0.15) is 5.82 Å². The molecule has 0 aliphatic heterocycles. The van der Waals surface area contributed by atoms with E-state index in [1.54, 1.807) is 0 Å². The third-order valence-corrected chi connectivity index (χ3v) is 3.47. The summed E-state index contributed by atoms with van der Waals surface area (Å²) in [6.07, 6.45) is 2.08. The molecule has 1 aromatic rings. The van der Waals surface area contributed by atoms with E-state index in [0.29, 0.717) is 24.7 Å². The van der Waals surface area contributed by atoms with Crippen LogP contribution in [0.2, 0.25) is 0 Å². The predicted molar refractivity (Wildman–Crippen MR) is 70.2 cm³/mol. The summed E-state index contributed by atoms with van der Waals surface area (Å²) in [5.41, 5.74) is -1.61. The molecule has 1 atom stereocenters. The third kappa shape index (κ3) is 4.06. The second-order valence-corrected chi connectivity index (χ2v) is 5.05. The molecule has 1 unspecified atom stereocenters. The first kappa shape index (κ1) is 15.5. The van der Waals surface area contributed by atoms with E-state index in [1.807, 2.05) is 12.2 Å². The van der Waals surface area contributed by atoms with E-state index < -0.39 is 29.0 Å². The summed E-state index contributed by atoms with van der Waals surface area (Å²) in [5, 5.41) is 2.51. The van der Waals surface area contributed by atoms with Crippen molar-refractivity contribution in [3.8, 4) is 0 Å². The van der Waals surface area contributed by atoms with Crippen LogP contribution in [-0.2, 0) is 6.18 Å². The van der Waals surface area contributed by atoms with Gasteiger partial charge in [0.25, 0.3) is 5.91 Å². The van der Waals surface area contributed by atoms with E-state index in [-0.39, 0.29) is 5.92 Å². The van der Waals surface area contributed by atoms with Gasteiger partial charge < -0.3 is 5.32 Å². The molecule has 1 aliphatic carbocycles. The smallest absolute Gasteiger partial charge is 0.352 e. The monoisotopic (exact) mass is 301 g/mol. The number of alkyl halides is 3. The lowest BCUT2D eigenvalue weighted by atomic mass is 9.94. The van der Waals surface area contributed by atoms with Crippen LogP contribution in [0.25, 0.3) is 0 Å². The summed E-state index contributed by atoms with van der Waals surface area (Å²) < 4.78 is 51.3. The number of benzene rings is 1. The van der Waals surface area contributed by atoms with Gasteiger partial charge in [-0.1, -0.05) is 12.2 Å². The summed E-state index contributed by atoms with van der Waals surface area (Å²) in [4.78, 5) is 11.9. The van der Waals surface area contributed by atoms with Crippen LogP contribution in [0, 0.1) is 11.7 Å². The summed E-state index contributed by atoms with van der Waals surface area (Å²) in [6, 6.07) is 1.84. The Bertz CT molecular complexity index is 551. The van der Waals surface area contributed by atoms with Crippen molar-refractivity contribution < 1.29 is 22.4 Å². The van der Waals surface area contributed by atoms with Crippen LogP contribution in [0.15, 0.2) is 30.4 Å². The van der Waals surface area contributed by atoms with Crippen LogP contribution < -0.4 is 5.32 Å². The highest BCUT2D eigenvalue weighted by molar-refractivity contribution is 5.94. The summed E-state index contributed by atoms with van der Waals surface area (Å²) in [6.45, 7) is 0.332. The van der Waals surface area contributed by atoms with Crippen molar-refractivity contribution in [3.05, 3.63) is 47.3 Å². The van der Waals surface area contributed by atoms with E-state index in [1.165, 1.54) is 0 Å². The quantitative estimate of drug-likeness (QED) is 0.665. The van der Waals surface area contributed by atoms with Gasteiger partial charge in [0.2, 0.25) is 0 Å². The minimum atomic E-state index is -4.60. The first-order chi connectivity index (χ1) is 9.88. The van der Waals surface area contributed by atoms with Crippen LogP contribution >= 0.6 is 0 Å². The molecule has 0 spiro atoms. The van der Waals surface area contributed by atoms with Gasteiger partial charge in [-0.2, -0.15) is 13.2 Å². The Hall–Kier alpha value is -1.85. The SMILES string of the molecule is O=C(NCC1CC=CCC1)c1cc(C(F)(F)F)ccc1F. The minimum absolute atomic E-state index is 0.243. The zero-order valence-corrected chi connectivity index (χ0v) is 11.2. The van der Waals surface area contributed by atoms with Gasteiger partial charge in [0.15, 0.2) is 0 Å². The zero-order chi connectivity index (χ0) is 15.5. The summed E-state index contributed by atoms with van der Waals surface area (Å²) in [7, 11) is 0. The van der Waals surface area contributed by atoms with Crippen molar-refractivity contribution in [3.63, 3.8) is 0 Å². The van der Waals surface area contributed by atoms with E-state index in [0.717, 1.165) is 19.3 Å². The topological polar surface area (TPSA) is 29.1 Å². The molecular formula is C15H15F4NO. The van der Waals surface area contributed by atoms with Crippen molar-refractivity contribution in [2.24, 2.45) is 5.92 Å². The summed E-state index contributed by atoms with van der Waals surface area (Å²) in [5.74, 6) is -1.52. The Kier molecular flexibility index (Phi) is 4.65. The van der Waals surface area contributed by atoms with Crippen LogP contribution in [0.3, 0.4) is 0 Å². The van der Waals surface area contributed by atoms with Crippen LogP contribution in [0.5, 0.6) is 0 Å². The number of nitrogens with one attached hydrogen (secondary N) is 1. The van der Waals surface area contributed by atoms with Crippen LogP contribution in [0.1, 0.15) is 35.2 Å². The molecule has 0 saturated carbocycles. The Morgan fingerprint density at radius 3 is 2.67 bits per heavy atom. The predicted octanol–water partition coefficient (Wildman–Crippen LogP) is 3.93. The van der Waals surface area contributed by atoms with Gasteiger partial charge in [-0.3, -0.25) is 4.79 Å². The molecule has 1 amide bonds. The van der Waals surface area contributed by atoms with Gasteiger partial charge in [-0.05, 0) is 43.4 Å². The number of rotatable bonds is 3. The van der Waals surface area contributed by atoms with Crippen molar-refractivity contribution in [1.82, 2.24) is 5.32 Å². The normalized spacial score (nSPS) is 18.6. The Morgan fingerprint density at radius 1 is 1.29 bits per heavy atom. The van der Waals surface area contributed by atoms with Crippen molar-refractivity contribution in [1.29, 1.82) is 0 Å². The largest absolute Gasteiger partial charge is 0.416 e. The number of halogens is 4. The lowest BCUT2D eigenvalue weighted by molar-refractivity contribution is -0.137. The Labute approximate surface area is 119 Å². The highest BCUT2D eigenvalue weighted by Gasteiger charge is 2.32. The van der Waals surface area contributed by atoms with E-state index in [4.69, 9.17) is 0 Å². The first-order valence-corrected chi connectivity index (χ1v) is 6.68. The molecule has 0 bridgehead atoms. The molecule has 2 nitrogen and oxygen atoms in total. The second-order valence-electron chi connectivity index (χ2n) is 5.05. The molecular weight excluding hydrogens is 286 g/mol. The number of allylic oxidation sites excluding steroid dienone is 2. The van der Waals surface area contributed by atoms with Crippen molar-refractivity contribution in [2.45, 2.75) is 25.4 Å². The van der Waals surface area contributed by atoms with Gasteiger partial charge in [0, 0.05) is 6.54 Å². The maximum atomic E-state index is 13.5. The molecule has 0 saturated heterocycles. The molecule has 114 valence electrons. The van der Waals surface area contributed by atoms with Crippen molar-refractivity contribution >= 4 is 5.91 Å². The highest BCUT2D eigenvalue weighted by atomic mass is 19.4. The molecule has 1 aliphatic rings. The van der Waals surface area contributed by atoms with Crippen LogP contribution in [-0.4, -0.2) is 12.5 Å². The number of hydrogen-bond acceptors (Lipinski definition) is 1. The second kappa shape index (κ2) is 6.28. The average molecular weight is 301 g/mol. The molecule has 0 aromatic heterocycles. The van der Waals surface area contributed by atoms with Gasteiger partial charge in [-0.15, -0.1) is 0 Å². The zero-order valence-electron chi connectivity index (χ0n) is 11.2. The number of amides is 1. The van der Waals surface area contributed by atoms with Gasteiger partial charge >= 0.3 is 6.18 Å². The fourth-order valence-corrected chi connectivity index (χ4v) is 2.25. The number of hydrogen-bond donors (Lipinski definition) is 1. The molecule has 0 radical (unpaired) electrons. The van der Waals surface area contributed by atoms with Crippen LogP contribution in [0.4, 0.5) is 17.6 Å². The lowest BCUT2D eigenvalue weighted by Crippen LogP contribution is -2.30.